The first-order chi connectivity index (χ1) is 7.27. The van der Waals surface area contributed by atoms with Crippen molar-refractivity contribution in [3.05, 3.63) is 64.7 Å². The Kier molecular flexibility index (Phi) is 2.63. The van der Waals surface area contributed by atoms with Gasteiger partial charge in [-0.05, 0) is 16.3 Å². The highest BCUT2D eigenvalue weighted by atomic mass is 16.6. The molecule has 0 aliphatic rings. The smallest absolute Gasteiger partial charge is 0.264 e. The Morgan fingerprint density at radius 1 is 1.13 bits per heavy atom. The molecule has 0 spiro atoms. The number of rotatable bonds is 3. The zero-order valence-electron chi connectivity index (χ0n) is 8.09. The summed E-state index contributed by atoms with van der Waals surface area (Å²) in [5.74, 6) is 0. The summed E-state index contributed by atoms with van der Waals surface area (Å²) in [6.45, 7) is 1.09. The molecule has 3 heteroatoms. The third-order valence-corrected chi connectivity index (χ3v) is 2.34. The van der Waals surface area contributed by atoms with Crippen molar-refractivity contribution in [3.8, 4) is 0 Å². The molecule has 0 heterocycles. The van der Waals surface area contributed by atoms with E-state index in [4.69, 9.17) is 0 Å². The largest absolute Gasteiger partial charge is 0.283 e. The summed E-state index contributed by atoms with van der Waals surface area (Å²) in [6.07, 6.45) is 0.369. The summed E-state index contributed by atoms with van der Waals surface area (Å²) in [5, 5.41) is 12.5. The standard InChI is InChI=1S/C12H10NO2/c14-13(15)9-8-11-6-3-5-10-4-1-2-7-12(10)11/h1-7,9H,8H2. The van der Waals surface area contributed by atoms with Gasteiger partial charge in [-0.3, -0.25) is 10.1 Å². The van der Waals surface area contributed by atoms with E-state index < -0.39 is 4.92 Å². The average molecular weight is 200 g/mol. The molecule has 0 N–H and O–H groups in total. The van der Waals surface area contributed by atoms with Crippen LogP contribution < -0.4 is 0 Å². The Hall–Kier alpha value is -1.90. The molecule has 2 aromatic rings. The third kappa shape index (κ3) is 2.13. The van der Waals surface area contributed by atoms with E-state index in [2.05, 4.69) is 0 Å². The van der Waals surface area contributed by atoms with Gasteiger partial charge >= 0.3 is 0 Å². The molecule has 0 bridgehead atoms. The molecule has 0 saturated carbocycles. The normalized spacial score (nSPS) is 10.4. The molecule has 3 nitrogen and oxygen atoms in total. The van der Waals surface area contributed by atoms with E-state index >= 15 is 0 Å². The lowest BCUT2D eigenvalue weighted by Gasteiger charge is -2.02. The van der Waals surface area contributed by atoms with Crippen molar-refractivity contribution in [2.75, 3.05) is 0 Å². The van der Waals surface area contributed by atoms with E-state index in [0.29, 0.717) is 6.42 Å². The average Bonchev–Trinajstić information content (AvgIpc) is 2.26. The SMILES string of the molecule is O=[N+]([O-])[CH]Cc1cccc2ccccc12. The van der Waals surface area contributed by atoms with Gasteiger partial charge in [0.25, 0.3) is 6.54 Å². The van der Waals surface area contributed by atoms with Gasteiger partial charge in [0.2, 0.25) is 0 Å². The van der Waals surface area contributed by atoms with Crippen LogP contribution in [-0.2, 0) is 6.42 Å². The molecule has 0 aromatic heterocycles. The second kappa shape index (κ2) is 4.09. The van der Waals surface area contributed by atoms with Gasteiger partial charge in [-0.1, -0.05) is 42.5 Å². The lowest BCUT2D eigenvalue weighted by molar-refractivity contribution is -0.436. The van der Waals surface area contributed by atoms with Gasteiger partial charge in [0, 0.05) is 11.3 Å². The molecule has 0 saturated heterocycles. The fourth-order valence-corrected chi connectivity index (χ4v) is 1.64. The minimum absolute atomic E-state index is 0.369. The van der Waals surface area contributed by atoms with Crippen LogP contribution in [-0.4, -0.2) is 4.92 Å². The molecule has 0 aliphatic heterocycles. The summed E-state index contributed by atoms with van der Waals surface area (Å²) in [4.78, 5) is 9.86. The number of nitro groups is 1. The quantitative estimate of drug-likeness (QED) is 0.564. The Morgan fingerprint density at radius 3 is 2.67 bits per heavy atom. The van der Waals surface area contributed by atoms with Crippen LogP contribution in [0.5, 0.6) is 0 Å². The second-order valence-corrected chi connectivity index (χ2v) is 3.31. The van der Waals surface area contributed by atoms with Crippen LogP contribution >= 0.6 is 0 Å². The number of nitrogens with zero attached hydrogens (tertiary/aromatic N) is 1. The summed E-state index contributed by atoms with van der Waals surface area (Å²) in [5.41, 5.74) is 0.991. The summed E-state index contributed by atoms with van der Waals surface area (Å²) < 4.78 is 0. The van der Waals surface area contributed by atoms with Crippen molar-refractivity contribution in [1.82, 2.24) is 0 Å². The van der Waals surface area contributed by atoms with Crippen molar-refractivity contribution < 1.29 is 4.92 Å². The van der Waals surface area contributed by atoms with Crippen LogP contribution in [0, 0.1) is 16.7 Å². The van der Waals surface area contributed by atoms with E-state index in [1.54, 1.807) is 0 Å². The maximum Gasteiger partial charge on any atom is 0.283 e. The van der Waals surface area contributed by atoms with Crippen LogP contribution in [0.3, 0.4) is 0 Å². The summed E-state index contributed by atoms with van der Waals surface area (Å²) >= 11 is 0. The number of fused-ring (bicyclic) bond motifs is 1. The Balaban J connectivity index is 2.38. The second-order valence-electron chi connectivity index (χ2n) is 3.31. The zero-order chi connectivity index (χ0) is 10.7. The van der Waals surface area contributed by atoms with Gasteiger partial charge in [-0.25, -0.2) is 0 Å². The summed E-state index contributed by atoms with van der Waals surface area (Å²) in [7, 11) is 0. The molecular formula is C12H10NO2. The van der Waals surface area contributed by atoms with Crippen molar-refractivity contribution in [3.63, 3.8) is 0 Å². The van der Waals surface area contributed by atoms with Gasteiger partial charge in [0.1, 0.15) is 0 Å². The lowest BCUT2D eigenvalue weighted by Crippen LogP contribution is -1.97. The van der Waals surface area contributed by atoms with Crippen LogP contribution in [0.15, 0.2) is 42.5 Å². The molecule has 0 amide bonds. The van der Waals surface area contributed by atoms with Gasteiger partial charge in [0.15, 0.2) is 0 Å². The zero-order valence-corrected chi connectivity index (χ0v) is 8.09. The first-order valence-electron chi connectivity index (χ1n) is 4.71. The van der Waals surface area contributed by atoms with E-state index in [1.165, 1.54) is 0 Å². The first kappa shape index (κ1) is 9.65. The van der Waals surface area contributed by atoms with E-state index in [9.17, 15) is 10.1 Å². The van der Waals surface area contributed by atoms with Crippen molar-refractivity contribution >= 4 is 10.8 Å². The monoisotopic (exact) mass is 200 g/mol. The Bertz CT molecular complexity index is 488. The molecule has 0 atom stereocenters. The highest BCUT2D eigenvalue weighted by Gasteiger charge is 2.04. The van der Waals surface area contributed by atoms with Crippen molar-refractivity contribution in [2.45, 2.75) is 6.42 Å². The fraction of sp³-hybridized carbons (Fsp3) is 0.0833. The van der Waals surface area contributed by atoms with Gasteiger partial charge < -0.3 is 0 Å². The molecule has 0 fully saturated rings. The maximum absolute atomic E-state index is 10.3. The molecular weight excluding hydrogens is 190 g/mol. The van der Waals surface area contributed by atoms with E-state index in [1.807, 2.05) is 42.5 Å². The van der Waals surface area contributed by atoms with Gasteiger partial charge in [-0.15, -0.1) is 0 Å². The van der Waals surface area contributed by atoms with Gasteiger partial charge in [-0.2, -0.15) is 0 Å². The fourth-order valence-electron chi connectivity index (χ4n) is 1.64. The minimum atomic E-state index is -0.401. The van der Waals surface area contributed by atoms with Crippen molar-refractivity contribution in [2.24, 2.45) is 0 Å². The predicted molar refractivity (Wildman–Crippen MR) is 58.9 cm³/mol. The summed E-state index contributed by atoms with van der Waals surface area (Å²) in [6, 6.07) is 13.7. The van der Waals surface area contributed by atoms with Crippen LogP contribution in [0.2, 0.25) is 0 Å². The number of benzene rings is 2. The number of hydrogen-bond donors (Lipinski definition) is 0. The lowest BCUT2D eigenvalue weighted by atomic mass is 10.0. The Morgan fingerprint density at radius 2 is 1.87 bits per heavy atom. The van der Waals surface area contributed by atoms with Crippen LogP contribution in [0.25, 0.3) is 10.8 Å². The molecule has 2 rings (SSSR count). The maximum atomic E-state index is 10.3. The predicted octanol–water partition coefficient (Wildman–Crippen LogP) is 2.82. The van der Waals surface area contributed by atoms with E-state index in [-0.39, 0.29) is 0 Å². The topological polar surface area (TPSA) is 43.1 Å². The molecule has 2 aromatic carbocycles. The molecule has 75 valence electrons. The Labute approximate surface area is 87.5 Å². The third-order valence-electron chi connectivity index (χ3n) is 2.34. The molecule has 15 heavy (non-hydrogen) atoms. The minimum Gasteiger partial charge on any atom is -0.264 e. The molecule has 0 aliphatic carbocycles. The molecule has 0 unspecified atom stereocenters. The molecule has 1 radical (unpaired) electrons. The first-order valence-corrected chi connectivity index (χ1v) is 4.71. The van der Waals surface area contributed by atoms with Crippen LogP contribution in [0.4, 0.5) is 0 Å². The van der Waals surface area contributed by atoms with Crippen molar-refractivity contribution in [1.29, 1.82) is 0 Å². The highest BCUT2D eigenvalue weighted by Crippen LogP contribution is 2.19. The van der Waals surface area contributed by atoms with Crippen LogP contribution in [0.1, 0.15) is 5.56 Å². The number of hydrogen-bond acceptors (Lipinski definition) is 2. The highest BCUT2D eigenvalue weighted by molar-refractivity contribution is 5.85. The van der Waals surface area contributed by atoms with Gasteiger partial charge in [0.05, 0.1) is 0 Å². The van der Waals surface area contributed by atoms with E-state index in [0.717, 1.165) is 22.9 Å².